The number of rotatable bonds is 4. The number of aromatic nitrogens is 3. The molecule has 0 saturated heterocycles. The summed E-state index contributed by atoms with van der Waals surface area (Å²) in [5.41, 5.74) is 4.48. The lowest BCUT2D eigenvalue weighted by Crippen LogP contribution is -2.04. The summed E-state index contributed by atoms with van der Waals surface area (Å²) in [5.74, 6) is 0.0237. The topological polar surface area (TPSA) is 50.9 Å². The quantitative estimate of drug-likeness (QED) is 0.752. The van der Waals surface area contributed by atoms with Crippen molar-refractivity contribution in [2.45, 2.75) is 26.8 Å². The Bertz CT molecular complexity index is 826. The van der Waals surface area contributed by atoms with Crippen LogP contribution >= 0.6 is 0 Å². The highest BCUT2D eigenvalue weighted by Crippen LogP contribution is 2.28. The minimum Gasteiger partial charge on any atom is -0.396 e. The highest BCUT2D eigenvalue weighted by molar-refractivity contribution is 5.82. The number of imidazole rings is 1. The fourth-order valence-corrected chi connectivity index (χ4v) is 2.59. The van der Waals surface area contributed by atoms with Gasteiger partial charge in [-0.15, -0.1) is 0 Å². The Balaban J connectivity index is 2.26. The Kier molecular flexibility index (Phi) is 3.90. The van der Waals surface area contributed by atoms with Crippen LogP contribution < -0.4 is 0 Å². The van der Waals surface area contributed by atoms with Crippen molar-refractivity contribution in [3.8, 4) is 11.4 Å². The number of aliphatic hydroxyl groups excluding tert-OH is 1. The predicted molar refractivity (Wildman–Crippen MR) is 84.1 cm³/mol. The van der Waals surface area contributed by atoms with Gasteiger partial charge in [0, 0.05) is 19.3 Å². The Hall–Kier alpha value is -2.27. The normalized spacial score (nSPS) is 11.3. The van der Waals surface area contributed by atoms with Gasteiger partial charge >= 0.3 is 0 Å². The number of hydrogen-bond donors (Lipinski definition) is 1. The molecule has 0 aliphatic carbocycles. The number of benzene rings is 1. The van der Waals surface area contributed by atoms with Gasteiger partial charge in [-0.2, -0.15) is 4.39 Å². The van der Waals surface area contributed by atoms with E-state index in [-0.39, 0.29) is 6.61 Å². The summed E-state index contributed by atoms with van der Waals surface area (Å²) in [4.78, 5) is 8.31. The van der Waals surface area contributed by atoms with E-state index >= 15 is 0 Å². The molecule has 22 heavy (non-hydrogen) atoms. The second-order valence-electron chi connectivity index (χ2n) is 5.43. The maximum Gasteiger partial charge on any atom is 0.223 e. The molecule has 0 bridgehead atoms. The van der Waals surface area contributed by atoms with Crippen molar-refractivity contribution in [1.82, 2.24) is 14.5 Å². The van der Waals surface area contributed by atoms with Crippen LogP contribution in [0.5, 0.6) is 0 Å². The van der Waals surface area contributed by atoms with Gasteiger partial charge in [0.05, 0.1) is 16.6 Å². The second-order valence-corrected chi connectivity index (χ2v) is 5.43. The molecular formula is C17H18FN3O. The first kappa shape index (κ1) is 14.7. The van der Waals surface area contributed by atoms with Gasteiger partial charge in [0.25, 0.3) is 0 Å². The maximum absolute atomic E-state index is 14.1. The lowest BCUT2D eigenvalue weighted by Gasteiger charge is -2.09. The fourth-order valence-electron chi connectivity index (χ4n) is 2.59. The molecule has 1 aromatic carbocycles. The van der Waals surface area contributed by atoms with Crippen LogP contribution in [0, 0.1) is 19.8 Å². The van der Waals surface area contributed by atoms with Crippen molar-refractivity contribution in [1.29, 1.82) is 0 Å². The van der Waals surface area contributed by atoms with E-state index in [2.05, 4.69) is 16.0 Å². The summed E-state index contributed by atoms with van der Waals surface area (Å²) in [7, 11) is 0. The van der Waals surface area contributed by atoms with E-state index in [4.69, 9.17) is 5.11 Å². The highest BCUT2D eigenvalue weighted by Gasteiger charge is 2.16. The van der Waals surface area contributed by atoms with Gasteiger partial charge < -0.3 is 9.67 Å². The molecule has 0 radical (unpaired) electrons. The molecule has 0 unspecified atom stereocenters. The van der Waals surface area contributed by atoms with Gasteiger partial charge in [0.15, 0.2) is 0 Å². The van der Waals surface area contributed by atoms with E-state index in [1.54, 1.807) is 12.1 Å². The SMILES string of the molecule is Cc1cc2nc(-c3cccnc3F)n(CCCO)c2cc1C. The molecule has 3 aromatic rings. The number of nitrogens with zero attached hydrogens (tertiary/aromatic N) is 3. The van der Waals surface area contributed by atoms with Crippen LogP contribution in [-0.4, -0.2) is 26.2 Å². The van der Waals surface area contributed by atoms with Crippen molar-refractivity contribution in [2.24, 2.45) is 0 Å². The van der Waals surface area contributed by atoms with E-state index in [0.29, 0.717) is 24.4 Å². The highest BCUT2D eigenvalue weighted by atomic mass is 19.1. The zero-order valence-corrected chi connectivity index (χ0v) is 12.7. The number of aliphatic hydroxyl groups is 1. The van der Waals surface area contributed by atoms with Gasteiger partial charge in [-0.25, -0.2) is 9.97 Å². The Morgan fingerprint density at radius 2 is 2.00 bits per heavy atom. The summed E-state index contributed by atoms with van der Waals surface area (Å²) < 4.78 is 16.0. The van der Waals surface area contributed by atoms with E-state index in [9.17, 15) is 4.39 Å². The van der Waals surface area contributed by atoms with Crippen molar-refractivity contribution >= 4 is 11.0 Å². The number of fused-ring (bicyclic) bond motifs is 1. The second kappa shape index (κ2) is 5.85. The third kappa shape index (κ3) is 2.48. The minimum atomic E-state index is -0.531. The van der Waals surface area contributed by atoms with Crippen molar-refractivity contribution in [3.63, 3.8) is 0 Å². The van der Waals surface area contributed by atoms with Crippen molar-refractivity contribution in [2.75, 3.05) is 6.61 Å². The predicted octanol–water partition coefficient (Wildman–Crippen LogP) is 3.24. The average molecular weight is 299 g/mol. The van der Waals surface area contributed by atoms with Gasteiger partial charge in [-0.05, 0) is 55.7 Å². The Morgan fingerprint density at radius 1 is 1.23 bits per heavy atom. The molecule has 0 atom stereocenters. The van der Waals surface area contributed by atoms with Gasteiger partial charge in [-0.1, -0.05) is 0 Å². The molecule has 0 aliphatic heterocycles. The smallest absolute Gasteiger partial charge is 0.223 e. The van der Waals surface area contributed by atoms with Crippen LogP contribution in [0.4, 0.5) is 4.39 Å². The van der Waals surface area contributed by atoms with E-state index in [1.807, 2.05) is 24.5 Å². The number of pyridine rings is 1. The zero-order valence-electron chi connectivity index (χ0n) is 12.7. The third-order valence-corrected chi connectivity index (χ3v) is 3.90. The van der Waals surface area contributed by atoms with Gasteiger partial charge in [-0.3, -0.25) is 0 Å². The standard InChI is InChI=1S/C17H18FN3O/c1-11-9-14-15(10-12(11)2)21(7-4-8-22)17(20-14)13-5-3-6-19-16(13)18/h3,5-6,9-10,22H,4,7-8H2,1-2H3. The summed E-state index contributed by atoms with van der Waals surface area (Å²) in [6.07, 6.45) is 2.01. The molecule has 114 valence electrons. The van der Waals surface area contributed by atoms with E-state index < -0.39 is 5.95 Å². The number of halogens is 1. The summed E-state index contributed by atoms with van der Waals surface area (Å²) in [6.45, 7) is 4.74. The van der Waals surface area contributed by atoms with Crippen LogP contribution in [0.15, 0.2) is 30.5 Å². The van der Waals surface area contributed by atoms with Crippen LogP contribution in [0.25, 0.3) is 22.4 Å². The molecule has 0 aliphatic rings. The Morgan fingerprint density at radius 3 is 2.73 bits per heavy atom. The van der Waals surface area contributed by atoms with Gasteiger partial charge in [0.1, 0.15) is 5.82 Å². The molecule has 3 rings (SSSR count). The monoisotopic (exact) mass is 299 g/mol. The number of hydrogen-bond acceptors (Lipinski definition) is 3. The lowest BCUT2D eigenvalue weighted by atomic mass is 10.1. The van der Waals surface area contributed by atoms with Crippen LogP contribution in [0.1, 0.15) is 17.5 Å². The van der Waals surface area contributed by atoms with Crippen LogP contribution in [0.2, 0.25) is 0 Å². The Labute approximate surface area is 128 Å². The summed E-state index contributed by atoms with van der Waals surface area (Å²) in [5, 5.41) is 9.13. The van der Waals surface area contributed by atoms with E-state index in [0.717, 1.165) is 22.2 Å². The first-order chi connectivity index (χ1) is 10.6. The molecule has 2 heterocycles. The zero-order chi connectivity index (χ0) is 15.7. The molecular weight excluding hydrogens is 281 g/mol. The molecule has 0 fully saturated rings. The third-order valence-electron chi connectivity index (χ3n) is 3.90. The first-order valence-corrected chi connectivity index (χ1v) is 7.31. The molecule has 0 spiro atoms. The molecule has 4 nitrogen and oxygen atoms in total. The lowest BCUT2D eigenvalue weighted by molar-refractivity contribution is 0.281. The molecule has 1 N–H and O–H groups in total. The summed E-state index contributed by atoms with van der Waals surface area (Å²) >= 11 is 0. The number of aryl methyl sites for hydroxylation is 3. The summed E-state index contributed by atoms with van der Waals surface area (Å²) in [6, 6.07) is 7.45. The molecule has 5 heteroatoms. The molecule has 2 aromatic heterocycles. The molecule has 0 saturated carbocycles. The minimum absolute atomic E-state index is 0.0828. The van der Waals surface area contributed by atoms with E-state index in [1.165, 1.54) is 6.20 Å². The average Bonchev–Trinajstić information content (AvgIpc) is 2.83. The molecule has 0 amide bonds. The van der Waals surface area contributed by atoms with Gasteiger partial charge in [0.2, 0.25) is 5.95 Å². The van der Waals surface area contributed by atoms with Crippen molar-refractivity contribution in [3.05, 3.63) is 47.5 Å². The van der Waals surface area contributed by atoms with Crippen LogP contribution in [0.3, 0.4) is 0 Å². The van der Waals surface area contributed by atoms with Crippen molar-refractivity contribution < 1.29 is 9.50 Å². The fraction of sp³-hybridized carbons (Fsp3) is 0.294. The largest absolute Gasteiger partial charge is 0.396 e. The van der Waals surface area contributed by atoms with Crippen LogP contribution in [-0.2, 0) is 6.54 Å². The maximum atomic E-state index is 14.1. The first-order valence-electron chi connectivity index (χ1n) is 7.31.